The summed E-state index contributed by atoms with van der Waals surface area (Å²) < 4.78 is 11.2. The molecular formula is C29H31N5O4. The molecule has 0 saturated heterocycles. The molecule has 0 radical (unpaired) electrons. The molecule has 0 aliphatic rings. The molecule has 0 fully saturated rings. The third kappa shape index (κ3) is 7.67. The zero-order chi connectivity index (χ0) is 27.0. The zero-order valence-corrected chi connectivity index (χ0v) is 21.6. The Morgan fingerprint density at radius 3 is 2.34 bits per heavy atom. The van der Waals surface area contributed by atoms with Gasteiger partial charge in [-0.3, -0.25) is 15.6 Å². The highest BCUT2D eigenvalue weighted by atomic mass is 16.6. The number of ether oxygens (including phenoxy) is 2. The predicted molar refractivity (Wildman–Crippen MR) is 145 cm³/mol. The second-order valence-electron chi connectivity index (χ2n) is 9.72. The number of carbonyl (C=O) groups is 2. The van der Waals surface area contributed by atoms with Crippen molar-refractivity contribution < 1.29 is 19.1 Å². The number of alkyl carbamates (subject to hydrolysis) is 1. The molecule has 1 heterocycles. The first-order valence-electron chi connectivity index (χ1n) is 12.3. The molecule has 0 aliphatic heterocycles. The van der Waals surface area contributed by atoms with Gasteiger partial charge < -0.3 is 14.8 Å². The second-order valence-corrected chi connectivity index (χ2v) is 9.72. The van der Waals surface area contributed by atoms with Crippen LogP contribution in [0.25, 0.3) is 10.8 Å². The summed E-state index contributed by atoms with van der Waals surface area (Å²) in [5.41, 5.74) is 6.67. The van der Waals surface area contributed by atoms with E-state index >= 15 is 0 Å². The summed E-state index contributed by atoms with van der Waals surface area (Å²) >= 11 is 0. The maximum absolute atomic E-state index is 13.2. The van der Waals surface area contributed by atoms with Crippen molar-refractivity contribution in [3.05, 3.63) is 96.2 Å². The third-order valence-corrected chi connectivity index (χ3v) is 5.49. The fourth-order valence-corrected chi connectivity index (χ4v) is 3.69. The van der Waals surface area contributed by atoms with E-state index in [1.165, 1.54) is 0 Å². The Bertz CT molecular complexity index is 1370. The first-order valence-corrected chi connectivity index (χ1v) is 12.3. The minimum Gasteiger partial charge on any atom is -0.489 e. The molecule has 0 aliphatic carbocycles. The second kappa shape index (κ2) is 12.1. The van der Waals surface area contributed by atoms with E-state index in [0.29, 0.717) is 18.2 Å². The number of amides is 2. The third-order valence-electron chi connectivity index (χ3n) is 5.49. The predicted octanol–water partition coefficient (Wildman–Crippen LogP) is 4.79. The van der Waals surface area contributed by atoms with Gasteiger partial charge in [0.2, 0.25) is 0 Å². The van der Waals surface area contributed by atoms with Gasteiger partial charge in [0.25, 0.3) is 5.91 Å². The van der Waals surface area contributed by atoms with Gasteiger partial charge in [-0.25, -0.2) is 4.79 Å². The van der Waals surface area contributed by atoms with E-state index in [1.807, 2.05) is 78.9 Å². The fourth-order valence-electron chi connectivity index (χ4n) is 3.69. The number of aromatic nitrogens is 2. The van der Waals surface area contributed by atoms with Crippen molar-refractivity contribution >= 4 is 28.6 Å². The van der Waals surface area contributed by atoms with Crippen LogP contribution >= 0.6 is 0 Å². The number of benzene rings is 3. The Hall–Kier alpha value is -4.66. The summed E-state index contributed by atoms with van der Waals surface area (Å²) in [6, 6.07) is 23.9. The lowest BCUT2D eigenvalue weighted by atomic mass is 10.1. The van der Waals surface area contributed by atoms with E-state index in [9.17, 15) is 9.59 Å². The molecule has 0 bridgehead atoms. The highest BCUT2D eigenvalue weighted by molar-refractivity contribution is 5.92. The van der Waals surface area contributed by atoms with Gasteiger partial charge in [-0.2, -0.15) is 5.10 Å². The molecule has 3 aromatic carbocycles. The number of hydrazine groups is 1. The van der Waals surface area contributed by atoms with Crippen LogP contribution in [-0.4, -0.2) is 33.8 Å². The molecule has 1 unspecified atom stereocenters. The van der Waals surface area contributed by atoms with Gasteiger partial charge in [0.05, 0.1) is 6.20 Å². The number of nitrogens with zero attached hydrogens (tertiary/aromatic N) is 2. The topological polar surface area (TPSA) is 114 Å². The standard InChI is InChI=1S/C29H31N5O4/c1-29(2,3)38-28(36)31-25(27(35)34-33-26-24-12-8-7-11-22(24)18-30-32-26)17-20-13-15-23(16-14-20)37-19-21-9-5-4-6-10-21/h4-16,18,25H,17,19H2,1-3H3,(H,31,36)(H,32,33)(H,34,35). The van der Waals surface area contributed by atoms with Crippen LogP contribution in [0.15, 0.2) is 85.1 Å². The van der Waals surface area contributed by atoms with Gasteiger partial charge in [0.1, 0.15) is 24.0 Å². The van der Waals surface area contributed by atoms with Crippen LogP contribution < -0.4 is 20.9 Å². The molecular weight excluding hydrogens is 482 g/mol. The van der Waals surface area contributed by atoms with Gasteiger partial charge in [0, 0.05) is 17.2 Å². The van der Waals surface area contributed by atoms with E-state index in [2.05, 4.69) is 26.4 Å². The Kier molecular flexibility index (Phi) is 8.37. The number of anilines is 1. The molecule has 0 spiro atoms. The van der Waals surface area contributed by atoms with Crippen molar-refractivity contribution in [2.75, 3.05) is 5.43 Å². The van der Waals surface area contributed by atoms with Crippen molar-refractivity contribution in [3.8, 4) is 5.75 Å². The molecule has 38 heavy (non-hydrogen) atoms. The molecule has 3 N–H and O–H groups in total. The number of carbonyl (C=O) groups excluding carboxylic acids is 2. The largest absolute Gasteiger partial charge is 0.489 e. The lowest BCUT2D eigenvalue weighted by Gasteiger charge is -2.23. The maximum atomic E-state index is 13.2. The van der Waals surface area contributed by atoms with Crippen LogP contribution in [0.2, 0.25) is 0 Å². The van der Waals surface area contributed by atoms with E-state index in [1.54, 1.807) is 27.0 Å². The molecule has 9 heteroatoms. The number of hydrogen-bond donors (Lipinski definition) is 3. The summed E-state index contributed by atoms with van der Waals surface area (Å²) in [5, 5.41) is 12.4. The number of fused-ring (bicyclic) bond motifs is 1. The molecule has 2 amide bonds. The Morgan fingerprint density at radius 2 is 1.61 bits per heavy atom. The summed E-state index contributed by atoms with van der Waals surface area (Å²) in [6.07, 6.45) is 1.18. The van der Waals surface area contributed by atoms with Crippen LogP contribution in [0.4, 0.5) is 10.6 Å². The highest BCUT2D eigenvalue weighted by Gasteiger charge is 2.25. The average molecular weight is 514 g/mol. The smallest absolute Gasteiger partial charge is 0.408 e. The monoisotopic (exact) mass is 513 g/mol. The summed E-state index contributed by atoms with van der Waals surface area (Å²) in [6.45, 7) is 5.73. The minimum atomic E-state index is -0.920. The number of nitrogens with one attached hydrogen (secondary N) is 3. The summed E-state index contributed by atoms with van der Waals surface area (Å²) in [4.78, 5) is 25.7. The Morgan fingerprint density at radius 1 is 0.895 bits per heavy atom. The van der Waals surface area contributed by atoms with Gasteiger partial charge >= 0.3 is 6.09 Å². The lowest BCUT2D eigenvalue weighted by molar-refractivity contribution is -0.122. The van der Waals surface area contributed by atoms with Crippen LogP contribution in [0.3, 0.4) is 0 Å². The molecule has 9 nitrogen and oxygen atoms in total. The molecule has 1 atom stereocenters. The molecule has 196 valence electrons. The minimum absolute atomic E-state index is 0.229. The first-order chi connectivity index (χ1) is 18.3. The highest BCUT2D eigenvalue weighted by Crippen LogP contribution is 2.19. The van der Waals surface area contributed by atoms with Crippen LogP contribution in [-0.2, 0) is 22.6 Å². The van der Waals surface area contributed by atoms with Crippen LogP contribution in [0, 0.1) is 0 Å². The van der Waals surface area contributed by atoms with E-state index in [4.69, 9.17) is 9.47 Å². The summed E-state index contributed by atoms with van der Waals surface area (Å²) in [7, 11) is 0. The first kappa shape index (κ1) is 26.4. The van der Waals surface area contributed by atoms with Crippen molar-refractivity contribution in [3.63, 3.8) is 0 Å². The zero-order valence-electron chi connectivity index (χ0n) is 21.6. The van der Waals surface area contributed by atoms with Crippen LogP contribution in [0.5, 0.6) is 5.75 Å². The molecule has 4 aromatic rings. The van der Waals surface area contributed by atoms with Crippen LogP contribution in [0.1, 0.15) is 31.9 Å². The van der Waals surface area contributed by atoms with Gasteiger partial charge in [-0.1, -0.05) is 66.7 Å². The van der Waals surface area contributed by atoms with Crippen molar-refractivity contribution in [2.24, 2.45) is 0 Å². The molecule has 4 rings (SSSR count). The van der Waals surface area contributed by atoms with E-state index in [-0.39, 0.29) is 6.42 Å². The van der Waals surface area contributed by atoms with Gasteiger partial charge in [0.15, 0.2) is 5.82 Å². The maximum Gasteiger partial charge on any atom is 0.408 e. The SMILES string of the molecule is CC(C)(C)OC(=O)NC(Cc1ccc(OCc2ccccc2)cc1)C(=O)NNc1nncc2ccccc12. The van der Waals surface area contributed by atoms with Crippen molar-refractivity contribution in [1.82, 2.24) is 20.9 Å². The molecule has 0 saturated carbocycles. The molecule has 1 aromatic heterocycles. The van der Waals surface area contributed by atoms with E-state index in [0.717, 1.165) is 21.9 Å². The average Bonchev–Trinajstić information content (AvgIpc) is 2.90. The number of rotatable bonds is 9. The van der Waals surface area contributed by atoms with Crippen molar-refractivity contribution in [2.45, 2.75) is 45.4 Å². The number of hydrogen-bond acceptors (Lipinski definition) is 7. The Labute approximate surface area is 221 Å². The normalized spacial score (nSPS) is 11.9. The van der Waals surface area contributed by atoms with Crippen molar-refractivity contribution in [1.29, 1.82) is 0 Å². The van der Waals surface area contributed by atoms with Gasteiger partial charge in [-0.15, -0.1) is 5.10 Å². The lowest BCUT2D eigenvalue weighted by Crippen LogP contribution is -2.50. The summed E-state index contributed by atoms with van der Waals surface area (Å²) in [5.74, 6) is 0.636. The Balaban J connectivity index is 1.43. The van der Waals surface area contributed by atoms with E-state index < -0.39 is 23.6 Å². The quantitative estimate of drug-likeness (QED) is 0.276. The van der Waals surface area contributed by atoms with Gasteiger partial charge in [-0.05, 0) is 44.0 Å². The fraction of sp³-hybridized carbons (Fsp3) is 0.241.